The molecule has 2 rings (SSSR count). The van der Waals surface area contributed by atoms with Gasteiger partial charge in [0.2, 0.25) is 5.91 Å². The maximum Gasteiger partial charge on any atom is 0.227 e. The molecule has 1 aromatic carbocycles. The summed E-state index contributed by atoms with van der Waals surface area (Å²) >= 11 is 0. The van der Waals surface area contributed by atoms with Crippen molar-refractivity contribution in [2.45, 2.75) is 19.9 Å². The molecule has 0 aliphatic carbocycles. The van der Waals surface area contributed by atoms with E-state index in [0.29, 0.717) is 25.2 Å². The first-order valence-electron chi connectivity index (χ1n) is 6.71. The van der Waals surface area contributed by atoms with Crippen molar-refractivity contribution in [2.24, 2.45) is 0 Å². The molecule has 20 heavy (non-hydrogen) atoms. The third-order valence-corrected chi connectivity index (χ3v) is 3.21. The number of nitrogens with zero attached hydrogens (tertiary/aromatic N) is 2. The average molecular weight is 269 g/mol. The molecule has 2 aromatic rings. The van der Waals surface area contributed by atoms with Gasteiger partial charge in [-0.05, 0) is 30.7 Å². The second-order valence-corrected chi connectivity index (χ2v) is 4.60. The Hall–Kier alpha value is -2.36. The summed E-state index contributed by atoms with van der Waals surface area (Å²) < 4.78 is 0. The van der Waals surface area contributed by atoms with Crippen LogP contribution in [0.1, 0.15) is 18.2 Å². The number of hydrogen-bond acceptors (Lipinski definition) is 3. The molecule has 1 amide bonds. The molecule has 0 bridgehead atoms. The van der Waals surface area contributed by atoms with Crippen molar-refractivity contribution in [2.75, 3.05) is 12.3 Å². The van der Waals surface area contributed by atoms with Gasteiger partial charge in [-0.15, -0.1) is 0 Å². The van der Waals surface area contributed by atoms with Crippen molar-refractivity contribution < 1.29 is 4.79 Å². The van der Waals surface area contributed by atoms with Crippen molar-refractivity contribution in [3.05, 3.63) is 59.9 Å². The normalized spacial score (nSPS) is 10.2. The topological polar surface area (TPSA) is 59.2 Å². The quantitative estimate of drug-likeness (QED) is 0.847. The molecule has 0 saturated heterocycles. The number of anilines is 1. The standard InChI is InChI=1S/C16H19N3O/c1-2-19(12-14-8-5-6-10-18-14)16(20)11-13-7-3-4-9-15(13)17/h3-10H,2,11-12,17H2,1H3. The molecule has 0 fully saturated rings. The number of likely N-dealkylation sites (N-methyl/N-ethyl adjacent to an activating group) is 1. The van der Waals surface area contributed by atoms with E-state index in [-0.39, 0.29) is 5.91 Å². The Morgan fingerprint density at radius 3 is 2.60 bits per heavy atom. The smallest absolute Gasteiger partial charge is 0.227 e. The number of carbonyl (C=O) groups excluding carboxylic acids is 1. The van der Waals surface area contributed by atoms with Gasteiger partial charge in [0.1, 0.15) is 0 Å². The van der Waals surface area contributed by atoms with Crippen LogP contribution >= 0.6 is 0 Å². The van der Waals surface area contributed by atoms with Crippen molar-refractivity contribution in [1.82, 2.24) is 9.88 Å². The van der Waals surface area contributed by atoms with Crippen LogP contribution in [0.25, 0.3) is 0 Å². The SMILES string of the molecule is CCN(Cc1ccccn1)C(=O)Cc1ccccc1N. The zero-order chi connectivity index (χ0) is 14.4. The first kappa shape index (κ1) is 14.1. The van der Waals surface area contributed by atoms with Gasteiger partial charge in [-0.3, -0.25) is 9.78 Å². The summed E-state index contributed by atoms with van der Waals surface area (Å²) in [7, 11) is 0. The van der Waals surface area contributed by atoms with E-state index in [1.165, 1.54) is 0 Å². The highest BCUT2D eigenvalue weighted by atomic mass is 16.2. The van der Waals surface area contributed by atoms with Crippen LogP contribution in [0.4, 0.5) is 5.69 Å². The number of para-hydroxylation sites is 1. The Balaban J connectivity index is 2.04. The lowest BCUT2D eigenvalue weighted by molar-refractivity contribution is -0.130. The molecule has 4 heteroatoms. The summed E-state index contributed by atoms with van der Waals surface area (Å²) in [5.74, 6) is 0.0658. The second-order valence-electron chi connectivity index (χ2n) is 4.60. The van der Waals surface area contributed by atoms with Crippen molar-refractivity contribution in [1.29, 1.82) is 0 Å². The van der Waals surface area contributed by atoms with Gasteiger partial charge in [-0.25, -0.2) is 0 Å². The molecule has 1 aromatic heterocycles. The Morgan fingerprint density at radius 1 is 1.20 bits per heavy atom. The number of benzene rings is 1. The number of rotatable bonds is 5. The van der Waals surface area contributed by atoms with E-state index < -0.39 is 0 Å². The van der Waals surface area contributed by atoms with Crippen LogP contribution < -0.4 is 5.73 Å². The fourth-order valence-corrected chi connectivity index (χ4v) is 2.03. The molecule has 0 spiro atoms. The molecule has 0 unspecified atom stereocenters. The summed E-state index contributed by atoms with van der Waals surface area (Å²) in [5.41, 5.74) is 8.31. The second kappa shape index (κ2) is 6.70. The third-order valence-electron chi connectivity index (χ3n) is 3.21. The molecule has 0 aliphatic rings. The average Bonchev–Trinajstić information content (AvgIpc) is 2.48. The predicted molar refractivity (Wildman–Crippen MR) is 79.9 cm³/mol. The first-order chi connectivity index (χ1) is 9.70. The number of hydrogen-bond donors (Lipinski definition) is 1. The Bertz CT molecular complexity index is 569. The fraction of sp³-hybridized carbons (Fsp3) is 0.250. The number of aromatic nitrogens is 1. The van der Waals surface area contributed by atoms with Gasteiger partial charge in [-0.1, -0.05) is 24.3 Å². The summed E-state index contributed by atoms with van der Waals surface area (Å²) in [6.07, 6.45) is 2.07. The van der Waals surface area contributed by atoms with E-state index in [1.54, 1.807) is 11.1 Å². The van der Waals surface area contributed by atoms with Gasteiger partial charge >= 0.3 is 0 Å². The van der Waals surface area contributed by atoms with Gasteiger partial charge < -0.3 is 10.6 Å². The van der Waals surface area contributed by atoms with Crippen molar-refractivity contribution in [3.8, 4) is 0 Å². The molecular weight excluding hydrogens is 250 g/mol. The van der Waals surface area contributed by atoms with Crippen LogP contribution in [0, 0.1) is 0 Å². The summed E-state index contributed by atoms with van der Waals surface area (Å²) in [6, 6.07) is 13.2. The highest BCUT2D eigenvalue weighted by Gasteiger charge is 2.14. The number of carbonyl (C=O) groups is 1. The molecule has 2 N–H and O–H groups in total. The van der Waals surface area contributed by atoms with Crippen LogP contribution in [0.15, 0.2) is 48.7 Å². The number of nitrogens with two attached hydrogens (primary N) is 1. The highest BCUT2D eigenvalue weighted by Crippen LogP contribution is 2.13. The molecule has 0 atom stereocenters. The minimum absolute atomic E-state index is 0.0658. The minimum atomic E-state index is 0.0658. The lowest BCUT2D eigenvalue weighted by Gasteiger charge is -2.21. The van der Waals surface area contributed by atoms with Crippen molar-refractivity contribution in [3.63, 3.8) is 0 Å². The van der Waals surface area contributed by atoms with Crippen LogP contribution in [-0.4, -0.2) is 22.3 Å². The van der Waals surface area contributed by atoms with Gasteiger partial charge in [0.05, 0.1) is 18.7 Å². The van der Waals surface area contributed by atoms with Crippen LogP contribution in [-0.2, 0) is 17.8 Å². The maximum absolute atomic E-state index is 12.3. The van der Waals surface area contributed by atoms with E-state index in [1.807, 2.05) is 49.4 Å². The van der Waals surface area contributed by atoms with Crippen molar-refractivity contribution >= 4 is 11.6 Å². The summed E-state index contributed by atoms with van der Waals surface area (Å²) in [4.78, 5) is 18.4. The number of nitrogen functional groups attached to an aromatic ring is 1. The fourth-order valence-electron chi connectivity index (χ4n) is 2.03. The Labute approximate surface area is 119 Å². The van der Waals surface area contributed by atoms with Gasteiger partial charge in [-0.2, -0.15) is 0 Å². The maximum atomic E-state index is 12.3. The molecule has 0 radical (unpaired) electrons. The van der Waals surface area contributed by atoms with E-state index in [0.717, 1.165) is 11.3 Å². The zero-order valence-electron chi connectivity index (χ0n) is 11.6. The van der Waals surface area contributed by atoms with Crippen LogP contribution in [0.5, 0.6) is 0 Å². The number of pyridine rings is 1. The van der Waals surface area contributed by atoms with Gasteiger partial charge in [0.25, 0.3) is 0 Å². The molecule has 0 aliphatic heterocycles. The third kappa shape index (κ3) is 3.57. The first-order valence-corrected chi connectivity index (χ1v) is 6.71. The lowest BCUT2D eigenvalue weighted by Crippen LogP contribution is -2.32. The van der Waals surface area contributed by atoms with Crippen LogP contribution in [0.3, 0.4) is 0 Å². The highest BCUT2D eigenvalue weighted by molar-refractivity contribution is 5.80. The van der Waals surface area contributed by atoms with Crippen LogP contribution in [0.2, 0.25) is 0 Å². The van der Waals surface area contributed by atoms with E-state index in [9.17, 15) is 4.79 Å². The predicted octanol–water partition coefficient (Wildman–Crippen LogP) is 2.25. The minimum Gasteiger partial charge on any atom is -0.398 e. The Morgan fingerprint density at radius 2 is 1.95 bits per heavy atom. The molecule has 0 saturated carbocycles. The largest absolute Gasteiger partial charge is 0.398 e. The van der Waals surface area contributed by atoms with Gasteiger partial charge in [0, 0.05) is 18.4 Å². The molecular formula is C16H19N3O. The molecule has 4 nitrogen and oxygen atoms in total. The molecule has 1 heterocycles. The zero-order valence-corrected chi connectivity index (χ0v) is 11.6. The lowest BCUT2D eigenvalue weighted by atomic mass is 10.1. The van der Waals surface area contributed by atoms with E-state index in [2.05, 4.69) is 4.98 Å². The van der Waals surface area contributed by atoms with E-state index in [4.69, 9.17) is 5.73 Å². The summed E-state index contributed by atoms with van der Waals surface area (Å²) in [5, 5.41) is 0. The number of amides is 1. The summed E-state index contributed by atoms with van der Waals surface area (Å²) in [6.45, 7) is 3.15. The Kier molecular flexibility index (Phi) is 4.71. The monoisotopic (exact) mass is 269 g/mol. The van der Waals surface area contributed by atoms with E-state index >= 15 is 0 Å². The molecule has 104 valence electrons. The van der Waals surface area contributed by atoms with Gasteiger partial charge in [0.15, 0.2) is 0 Å².